The Hall–Kier alpha value is -1.88. The highest BCUT2D eigenvalue weighted by molar-refractivity contribution is 7.95. The first-order valence-electron chi connectivity index (χ1n) is 6.97. The molecule has 0 radical (unpaired) electrons. The van der Waals surface area contributed by atoms with Crippen LogP contribution in [0.15, 0.2) is 60.0 Å². The molecule has 0 saturated carbocycles. The number of sulfone groups is 1. The maximum absolute atomic E-state index is 12.0. The van der Waals surface area contributed by atoms with Crippen LogP contribution < -0.4 is 0 Å². The zero-order valence-electron chi connectivity index (χ0n) is 12.5. The second kappa shape index (κ2) is 8.29. The molecule has 24 heavy (non-hydrogen) atoms. The van der Waals surface area contributed by atoms with Gasteiger partial charge in [-0.05, 0) is 47.5 Å². The second-order valence-corrected chi connectivity index (χ2v) is 7.77. The average molecular weight is 381 g/mol. The number of benzene rings is 2. The minimum absolute atomic E-state index is 0.495. The monoisotopic (exact) mass is 380 g/mol. The fourth-order valence-electron chi connectivity index (χ4n) is 1.81. The lowest BCUT2D eigenvalue weighted by Gasteiger charge is -1.97. The molecule has 0 aliphatic heterocycles. The van der Waals surface area contributed by atoms with Crippen LogP contribution in [0.25, 0.3) is 12.2 Å². The summed E-state index contributed by atoms with van der Waals surface area (Å²) < 4.78 is 23.9. The van der Waals surface area contributed by atoms with Crippen molar-refractivity contribution in [2.45, 2.75) is 0 Å². The summed E-state index contributed by atoms with van der Waals surface area (Å²) >= 11 is 11.5. The Morgan fingerprint density at radius 1 is 0.833 bits per heavy atom. The number of halogens is 2. The molecule has 124 valence electrons. The predicted molar refractivity (Wildman–Crippen MR) is 99.8 cm³/mol. The highest BCUT2D eigenvalue weighted by Crippen LogP contribution is 2.12. The minimum Gasteiger partial charge on any atom is -0.294 e. The number of ketones is 1. The van der Waals surface area contributed by atoms with E-state index in [1.165, 1.54) is 12.2 Å². The van der Waals surface area contributed by atoms with E-state index >= 15 is 0 Å². The standard InChI is InChI=1S/C18H14Cl2O3S/c19-16-6-1-14(2-7-16)5-10-18(21)13-24(22,23)12-11-15-3-8-17(20)9-4-15/h1-12H,13H2/b10-5?,12-11+. The van der Waals surface area contributed by atoms with Gasteiger partial charge >= 0.3 is 0 Å². The lowest BCUT2D eigenvalue weighted by Crippen LogP contribution is -2.11. The smallest absolute Gasteiger partial charge is 0.179 e. The second-order valence-electron chi connectivity index (χ2n) is 5.01. The molecule has 0 N–H and O–H groups in total. The van der Waals surface area contributed by atoms with Crippen LogP contribution in [-0.2, 0) is 14.6 Å². The van der Waals surface area contributed by atoms with Crippen molar-refractivity contribution >= 4 is 51.0 Å². The molecular formula is C18H14Cl2O3S. The van der Waals surface area contributed by atoms with E-state index in [9.17, 15) is 13.2 Å². The third-order valence-electron chi connectivity index (χ3n) is 3.01. The topological polar surface area (TPSA) is 51.2 Å². The molecule has 3 nitrogen and oxygen atoms in total. The molecule has 0 spiro atoms. The van der Waals surface area contributed by atoms with Crippen molar-refractivity contribution < 1.29 is 13.2 Å². The number of hydrogen-bond acceptors (Lipinski definition) is 3. The van der Waals surface area contributed by atoms with Crippen molar-refractivity contribution in [2.24, 2.45) is 0 Å². The van der Waals surface area contributed by atoms with Crippen LogP contribution >= 0.6 is 23.2 Å². The summed E-state index contributed by atoms with van der Waals surface area (Å²) in [4.78, 5) is 11.8. The molecule has 0 heterocycles. The van der Waals surface area contributed by atoms with Crippen LogP contribution in [0.5, 0.6) is 0 Å². The number of hydrogen-bond donors (Lipinski definition) is 0. The molecule has 0 unspecified atom stereocenters. The largest absolute Gasteiger partial charge is 0.294 e. The van der Waals surface area contributed by atoms with E-state index < -0.39 is 21.4 Å². The first-order valence-corrected chi connectivity index (χ1v) is 9.44. The SMILES string of the molecule is O=C(C=Cc1ccc(Cl)cc1)CS(=O)(=O)/C=C/c1ccc(Cl)cc1. The van der Waals surface area contributed by atoms with E-state index in [-0.39, 0.29) is 0 Å². The number of allylic oxidation sites excluding steroid dienone is 1. The van der Waals surface area contributed by atoms with E-state index in [2.05, 4.69) is 0 Å². The lowest BCUT2D eigenvalue weighted by atomic mass is 10.2. The third-order valence-corrected chi connectivity index (χ3v) is 4.75. The third kappa shape index (κ3) is 6.32. The molecule has 0 atom stereocenters. The Morgan fingerprint density at radius 3 is 1.79 bits per heavy atom. The molecule has 0 saturated heterocycles. The van der Waals surface area contributed by atoms with Gasteiger partial charge < -0.3 is 0 Å². The fraction of sp³-hybridized carbons (Fsp3) is 0.0556. The van der Waals surface area contributed by atoms with Gasteiger partial charge in [0.25, 0.3) is 0 Å². The molecule has 0 aromatic heterocycles. The highest BCUT2D eigenvalue weighted by atomic mass is 35.5. The molecule has 0 fully saturated rings. The molecule has 2 aromatic carbocycles. The fourth-order valence-corrected chi connectivity index (χ4v) is 3.02. The van der Waals surface area contributed by atoms with Crippen LogP contribution in [0.3, 0.4) is 0 Å². The van der Waals surface area contributed by atoms with Gasteiger partial charge in [-0.1, -0.05) is 53.5 Å². The molecule has 2 rings (SSSR count). The van der Waals surface area contributed by atoms with Gasteiger partial charge in [-0.3, -0.25) is 4.79 Å². The maximum atomic E-state index is 12.0. The molecule has 6 heteroatoms. The number of rotatable bonds is 6. The Balaban J connectivity index is 1.98. The van der Waals surface area contributed by atoms with Crippen LogP contribution in [0.4, 0.5) is 0 Å². The first-order chi connectivity index (χ1) is 11.3. The Labute approximate surface area is 151 Å². The Kier molecular flexibility index (Phi) is 6.37. The van der Waals surface area contributed by atoms with Gasteiger partial charge in [0.05, 0.1) is 0 Å². The van der Waals surface area contributed by atoms with Gasteiger partial charge in [0, 0.05) is 15.5 Å². The number of carbonyl (C=O) groups is 1. The van der Waals surface area contributed by atoms with Gasteiger partial charge in [-0.25, -0.2) is 8.42 Å². The summed E-state index contributed by atoms with van der Waals surface area (Å²) in [5.74, 6) is -1.08. The van der Waals surface area contributed by atoms with Crippen molar-refractivity contribution in [3.8, 4) is 0 Å². The van der Waals surface area contributed by atoms with E-state index in [1.807, 2.05) is 0 Å². The summed E-state index contributed by atoms with van der Waals surface area (Å²) in [6, 6.07) is 13.6. The average Bonchev–Trinajstić information content (AvgIpc) is 2.53. The van der Waals surface area contributed by atoms with Gasteiger partial charge in [0.15, 0.2) is 15.6 Å². The quantitative estimate of drug-likeness (QED) is 0.684. The van der Waals surface area contributed by atoms with Crippen LogP contribution in [0.1, 0.15) is 11.1 Å². The van der Waals surface area contributed by atoms with Crippen molar-refractivity contribution in [3.63, 3.8) is 0 Å². The van der Waals surface area contributed by atoms with Crippen molar-refractivity contribution in [2.75, 3.05) is 5.75 Å². The van der Waals surface area contributed by atoms with Gasteiger partial charge in [-0.15, -0.1) is 0 Å². The summed E-state index contributed by atoms with van der Waals surface area (Å²) in [5.41, 5.74) is 1.45. The zero-order valence-corrected chi connectivity index (χ0v) is 14.9. The summed E-state index contributed by atoms with van der Waals surface area (Å²) in [5, 5.41) is 2.19. The molecule has 0 amide bonds. The molecule has 0 aliphatic rings. The molecule has 0 aliphatic carbocycles. The van der Waals surface area contributed by atoms with E-state index in [0.29, 0.717) is 15.6 Å². The predicted octanol–water partition coefficient (Wildman–Crippen LogP) is 4.66. The van der Waals surface area contributed by atoms with Crippen molar-refractivity contribution in [3.05, 3.63) is 81.2 Å². The van der Waals surface area contributed by atoms with Gasteiger partial charge in [0.2, 0.25) is 0 Å². The van der Waals surface area contributed by atoms with E-state index in [1.54, 1.807) is 54.6 Å². The first kappa shape index (κ1) is 18.5. The lowest BCUT2D eigenvalue weighted by molar-refractivity contribution is -0.112. The van der Waals surface area contributed by atoms with Gasteiger partial charge in [0.1, 0.15) is 5.75 Å². The summed E-state index contributed by atoms with van der Waals surface area (Å²) in [6.45, 7) is 0. The van der Waals surface area contributed by atoms with Crippen LogP contribution in [-0.4, -0.2) is 20.0 Å². The molecule has 2 aromatic rings. The van der Waals surface area contributed by atoms with Gasteiger partial charge in [-0.2, -0.15) is 0 Å². The number of carbonyl (C=O) groups excluding carboxylic acids is 1. The van der Waals surface area contributed by atoms with Crippen molar-refractivity contribution in [1.82, 2.24) is 0 Å². The highest BCUT2D eigenvalue weighted by Gasteiger charge is 2.11. The van der Waals surface area contributed by atoms with Crippen LogP contribution in [0, 0.1) is 0 Å². The Bertz CT molecular complexity index is 865. The van der Waals surface area contributed by atoms with Crippen LogP contribution in [0.2, 0.25) is 10.0 Å². The van der Waals surface area contributed by atoms with E-state index in [4.69, 9.17) is 23.2 Å². The zero-order chi connectivity index (χ0) is 17.6. The summed E-state index contributed by atoms with van der Waals surface area (Å²) in [6.07, 6.45) is 4.23. The molecular weight excluding hydrogens is 367 g/mol. The van der Waals surface area contributed by atoms with E-state index in [0.717, 1.165) is 11.0 Å². The maximum Gasteiger partial charge on any atom is 0.179 e. The normalized spacial score (nSPS) is 12.1. The van der Waals surface area contributed by atoms with Crippen molar-refractivity contribution in [1.29, 1.82) is 0 Å². The minimum atomic E-state index is -3.64. The summed E-state index contributed by atoms with van der Waals surface area (Å²) in [7, 11) is -3.64. The molecule has 0 bridgehead atoms. The Morgan fingerprint density at radius 2 is 1.29 bits per heavy atom.